The molecule has 4 rings (SSSR count). The quantitative estimate of drug-likeness (QED) is 0.497. The molecule has 1 fully saturated rings. The van der Waals surface area contributed by atoms with Crippen LogP contribution in [0.1, 0.15) is 16.7 Å². The zero-order valence-corrected chi connectivity index (χ0v) is 18.2. The van der Waals surface area contributed by atoms with Crippen molar-refractivity contribution in [3.63, 3.8) is 0 Å². The van der Waals surface area contributed by atoms with E-state index >= 15 is 0 Å². The Morgan fingerprint density at radius 1 is 0.875 bits per heavy atom. The second-order valence-corrected chi connectivity index (χ2v) is 7.49. The Morgan fingerprint density at radius 3 is 2.31 bits per heavy atom. The van der Waals surface area contributed by atoms with Gasteiger partial charge in [-0.15, -0.1) is 0 Å². The van der Waals surface area contributed by atoms with Crippen LogP contribution in [0.5, 0.6) is 11.5 Å². The lowest BCUT2D eigenvalue weighted by Crippen LogP contribution is -2.54. The van der Waals surface area contributed by atoms with E-state index < -0.39 is 17.8 Å². The summed E-state index contributed by atoms with van der Waals surface area (Å²) < 4.78 is 10.8. The second-order valence-electron chi connectivity index (χ2n) is 7.49. The fourth-order valence-corrected chi connectivity index (χ4v) is 3.66. The Bertz CT molecular complexity index is 1300. The van der Waals surface area contributed by atoms with Crippen LogP contribution in [0.2, 0.25) is 0 Å². The Kier molecular flexibility index (Phi) is 5.40. The van der Waals surface area contributed by atoms with Gasteiger partial charge in [0.25, 0.3) is 11.8 Å². The van der Waals surface area contributed by atoms with Crippen molar-refractivity contribution in [2.45, 2.75) is 13.8 Å². The maximum Gasteiger partial charge on any atom is 0.335 e. The van der Waals surface area contributed by atoms with Gasteiger partial charge in [0.15, 0.2) is 0 Å². The van der Waals surface area contributed by atoms with Crippen LogP contribution in [-0.4, -0.2) is 32.1 Å². The summed E-state index contributed by atoms with van der Waals surface area (Å²) >= 11 is 0. The minimum atomic E-state index is -0.785. The van der Waals surface area contributed by atoms with Crippen LogP contribution in [0, 0.1) is 13.8 Å². The molecule has 1 N–H and O–H groups in total. The summed E-state index contributed by atoms with van der Waals surface area (Å²) in [5, 5.41) is 3.89. The van der Waals surface area contributed by atoms with Gasteiger partial charge in [0, 0.05) is 5.56 Å². The molecule has 0 spiro atoms. The number of anilines is 1. The van der Waals surface area contributed by atoms with E-state index in [9.17, 15) is 14.4 Å². The number of hydrogen-bond donors (Lipinski definition) is 1. The molecule has 1 aliphatic rings. The lowest BCUT2D eigenvalue weighted by atomic mass is 9.99. The van der Waals surface area contributed by atoms with Crippen LogP contribution in [0.3, 0.4) is 0 Å². The summed E-state index contributed by atoms with van der Waals surface area (Å²) in [4.78, 5) is 39.5. The lowest BCUT2D eigenvalue weighted by Gasteiger charge is -2.27. The number of rotatable bonds is 4. The largest absolute Gasteiger partial charge is 0.497 e. The highest BCUT2D eigenvalue weighted by Gasteiger charge is 2.37. The molecule has 3 aromatic rings. The number of methoxy groups -OCH3 is 2. The van der Waals surface area contributed by atoms with E-state index in [-0.39, 0.29) is 5.57 Å². The molecule has 7 heteroatoms. The number of benzene rings is 3. The molecule has 0 atom stereocenters. The molecular formula is C25H22N2O5. The molecule has 1 aliphatic heterocycles. The van der Waals surface area contributed by atoms with Crippen molar-refractivity contribution >= 4 is 40.4 Å². The summed E-state index contributed by atoms with van der Waals surface area (Å²) in [7, 11) is 3.07. The van der Waals surface area contributed by atoms with E-state index in [0.717, 1.165) is 26.8 Å². The van der Waals surface area contributed by atoms with E-state index in [4.69, 9.17) is 9.47 Å². The normalized spacial score (nSPS) is 15.3. The number of nitrogens with zero attached hydrogens (tertiary/aromatic N) is 1. The molecule has 1 saturated heterocycles. The summed E-state index contributed by atoms with van der Waals surface area (Å²) in [6, 6.07) is 13.6. The molecule has 4 amide bonds. The van der Waals surface area contributed by atoms with E-state index in [1.165, 1.54) is 13.2 Å². The van der Waals surface area contributed by atoms with Crippen LogP contribution >= 0.6 is 0 Å². The summed E-state index contributed by atoms with van der Waals surface area (Å²) in [5.74, 6) is -0.365. The number of hydrogen-bond acceptors (Lipinski definition) is 5. The lowest BCUT2D eigenvalue weighted by molar-refractivity contribution is -0.122. The van der Waals surface area contributed by atoms with Gasteiger partial charge in [0.2, 0.25) is 0 Å². The first-order chi connectivity index (χ1) is 15.3. The molecule has 32 heavy (non-hydrogen) atoms. The number of barbiturate groups is 1. The molecular weight excluding hydrogens is 408 g/mol. The number of fused-ring (bicyclic) bond motifs is 1. The van der Waals surface area contributed by atoms with Gasteiger partial charge in [0.05, 0.1) is 19.9 Å². The number of urea groups is 1. The highest BCUT2D eigenvalue weighted by Crippen LogP contribution is 2.33. The SMILES string of the molecule is COc1ccc2ccc(OC)c(/C=C3/C(=O)NC(=O)N(c4ccc(C)c(C)c4)C3=O)c2c1. The number of amides is 4. The summed E-state index contributed by atoms with van der Waals surface area (Å²) in [5.41, 5.74) is 2.71. The summed E-state index contributed by atoms with van der Waals surface area (Å²) in [6.45, 7) is 3.83. The Hall–Kier alpha value is -4.13. The van der Waals surface area contributed by atoms with Crippen LogP contribution in [0.15, 0.2) is 54.1 Å². The fraction of sp³-hybridized carbons (Fsp3) is 0.160. The standard InChI is InChI=1S/C25H22N2O5/c1-14-5-8-17(11-15(14)2)27-24(29)21(23(28)26-25(27)30)13-20-19-12-18(31-3)9-6-16(19)7-10-22(20)32-4/h5-13H,1-4H3,(H,26,28,30)/b21-13-. The second kappa shape index (κ2) is 8.19. The van der Waals surface area contributed by atoms with E-state index in [0.29, 0.717) is 22.7 Å². The first-order valence-electron chi connectivity index (χ1n) is 9.97. The number of carbonyl (C=O) groups excluding carboxylic acids is 3. The zero-order chi connectivity index (χ0) is 23.0. The molecule has 0 aliphatic carbocycles. The molecule has 7 nitrogen and oxygen atoms in total. The molecule has 0 unspecified atom stereocenters. The zero-order valence-electron chi connectivity index (χ0n) is 18.2. The van der Waals surface area contributed by atoms with Crippen LogP contribution in [-0.2, 0) is 9.59 Å². The van der Waals surface area contributed by atoms with Gasteiger partial charge in [-0.05, 0) is 72.2 Å². The fourth-order valence-electron chi connectivity index (χ4n) is 3.66. The molecule has 0 radical (unpaired) electrons. The average Bonchev–Trinajstić information content (AvgIpc) is 2.78. The van der Waals surface area contributed by atoms with Gasteiger partial charge in [-0.1, -0.05) is 18.2 Å². The summed E-state index contributed by atoms with van der Waals surface area (Å²) in [6.07, 6.45) is 1.46. The third-order valence-electron chi connectivity index (χ3n) is 5.59. The number of carbonyl (C=O) groups is 3. The third kappa shape index (κ3) is 3.58. The van der Waals surface area contributed by atoms with Crippen molar-refractivity contribution in [1.29, 1.82) is 0 Å². The van der Waals surface area contributed by atoms with Crippen LogP contribution in [0.25, 0.3) is 16.8 Å². The maximum atomic E-state index is 13.3. The monoisotopic (exact) mass is 430 g/mol. The van der Waals surface area contributed by atoms with Gasteiger partial charge in [-0.3, -0.25) is 14.9 Å². The molecule has 162 valence electrons. The highest BCUT2D eigenvalue weighted by atomic mass is 16.5. The maximum absolute atomic E-state index is 13.3. The number of aryl methyl sites for hydroxylation is 2. The van der Waals surface area contributed by atoms with Gasteiger partial charge < -0.3 is 9.47 Å². The van der Waals surface area contributed by atoms with E-state index in [1.54, 1.807) is 25.3 Å². The number of ether oxygens (including phenoxy) is 2. The van der Waals surface area contributed by atoms with Crippen molar-refractivity contribution in [2.24, 2.45) is 0 Å². The average molecular weight is 430 g/mol. The van der Waals surface area contributed by atoms with Crippen molar-refractivity contribution in [2.75, 3.05) is 19.1 Å². The minimum Gasteiger partial charge on any atom is -0.497 e. The van der Waals surface area contributed by atoms with Gasteiger partial charge in [0.1, 0.15) is 17.1 Å². The minimum absolute atomic E-state index is 0.170. The number of nitrogens with one attached hydrogen (secondary N) is 1. The third-order valence-corrected chi connectivity index (χ3v) is 5.59. The van der Waals surface area contributed by atoms with Crippen molar-refractivity contribution < 1.29 is 23.9 Å². The van der Waals surface area contributed by atoms with Gasteiger partial charge in [-0.25, -0.2) is 9.69 Å². The van der Waals surface area contributed by atoms with Crippen LogP contribution in [0.4, 0.5) is 10.5 Å². The predicted molar refractivity (Wildman–Crippen MR) is 122 cm³/mol. The van der Waals surface area contributed by atoms with E-state index in [1.807, 2.05) is 44.2 Å². The Morgan fingerprint density at radius 2 is 1.62 bits per heavy atom. The molecule has 0 bridgehead atoms. The van der Waals surface area contributed by atoms with Crippen molar-refractivity contribution in [3.05, 3.63) is 70.8 Å². The van der Waals surface area contributed by atoms with Crippen LogP contribution < -0.4 is 19.7 Å². The smallest absolute Gasteiger partial charge is 0.335 e. The van der Waals surface area contributed by atoms with Crippen molar-refractivity contribution in [1.82, 2.24) is 5.32 Å². The highest BCUT2D eigenvalue weighted by molar-refractivity contribution is 6.39. The number of imide groups is 2. The Balaban J connectivity index is 1.88. The molecule has 0 saturated carbocycles. The molecule has 0 aromatic heterocycles. The molecule has 1 heterocycles. The van der Waals surface area contributed by atoms with Crippen molar-refractivity contribution in [3.8, 4) is 11.5 Å². The predicted octanol–water partition coefficient (Wildman–Crippen LogP) is 4.14. The topological polar surface area (TPSA) is 84.9 Å². The van der Waals surface area contributed by atoms with E-state index in [2.05, 4.69) is 5.32 Å². The molecule has 3 aromatic carbocycles. The van der Waals surface area contributed by atoms with Gasteiger partial charge >= 0.3 is 6.03 Å². The Labute approximate surface area is 185 Å². The first-order valence-corrected chi connectivity index (χ1v) is 9.97. The van der Waals surface area contributed by atoms with Gasteiger partial charge in [-0.2, -0.15) is 0 Å². The first kappa shape index (κ1) is 21.1.